The minimum Gasteiger partial charge on any atom is -0.488 e. The highest BCUT2D eigenvalue weighted by molar-refractivity contribution is 6.31. The molecule has 4 rings (SSSR count). The fourth-order valence-electron chi connectivity index (χ4n) is 3.88. The number of rotatable bonds is 8. The lowest BCUT2D eigenvalue weighted by atomic mass is 10.1. The Morgan fingerprint density at radius 2 is 1.65 bits per heavy atom. The first kappa shape index (κ1) is 21.4. The van der Waals surface area contributed by atoms with Gasteiger partial charge in [0.2, 0.25) is 0 Å². The number of halogens is 1. The molecule has 3 aromatic rings. The highest BCUT2D eigenvalue weighted by Gasteiger charge is 2.16. The van der Waals surface area contributed by atoms with E-state index in [0.717, 1.165) is 30.8 Å². The molecule has 0 saturated carbocycles. The van der Waals surface area contributed by atoms with Gasteiger partial charge in [0, 0.05) is 18.1 Å². The van der Waals surface area contributed by atoms with E-state index >= 15 is 0 Å². The number of carbonyl (C=O) groups is 1. The molecule has 5 heteroatoms. The normalized spacial score (nSPS) is 13.8. The van der Waals surface area contributed by atoms with Gasteiger partial charge >= 0.3 is 0 Å². The van der Waals surface area contributed by atoms with E-state index in [-0.39, 0.29) is 5.91 Å². The summed E-state index contributed by atoms with van der Waals surface area (Å²) >= 11 is 6.17. The molecule has 1 aliphatic rings. The molecule has 1 aliphatic heterocycles. The molecule has 160 valence electrons. The van der Waals surface area contributed by atoms with Gasteiger partial charge in [-0.2, -0.15) is 0 Å². The van der Waals surface area contributed by atoms with Crippen LogP contribution in [0.15, 0.2) is 72.8 Å². The van der Waals surface area contributed by atoms with Crippen LogP contribution < -0.4 is 10.1 Å². The molecule has 0 radical (unpaired) electrons. The average Bonchev–Trinajstić information content (AvgIpc) is 3.31. The molecule has 3 aromatic carbocycles. The Balaban J connectivity index is 1.43. The second-order valence-electron chi connectivity index (χ2n) is 7.85. The number of hydrogen-bond acceptors (Lipinski definition) is 3. The summed E-state index contributed by atoms with van der Waals surface area (Å²) in [5.74, 6) is 0.331. The second kappa shape index (κ2) is 10.5. The van der Waals surface area contributed by atoms with Crippen LogP contribution in [0.1, 0.15) is 39.9 Å². The molecule has 1 amide bonds. The molecule has 0 atom stereocenters. The van der Waals surface area contributed by atoms with Crippen LogP contribution >= 0.6 is 11.6 Å². The van der Waals surface area contributed by atoms with E-state index in [4.69, 9.17) is 16.3 Å². The van der Waals surface area contributed by atoms with Gasteiger partial charge in [-0.1, -0.05) is 66.2 Å². The number of ether oxygens (including phenoxy) is 1. The summed E-state index contributed by atoms with van der Waals surface area (Å²) < 4.78 is 5.94. The van der Waals surface area contributed by atoms with Crippen molar-refractivity contribution in [3.8, 4) is 5.75 Å². The summed E-state index contributed by atoms with van der Waals surface area (Å²) in [4.78, 5) is 15.5. The van der Waals surface area contributed by atoms with Crippen molar-refractivity contribution in [2.24, 2.45) is 0 Å². The van der Waals surface area contributed by atoms with Crippen molar-refractivity contribution in [3.63, 3.8) is 0 Å². The first-order chi connectivity index (χ1) is 15.2. The molecule has 1 heterocycles. The third kappa shape index (κ3) is 5.87. The van der Waals surface area contributed by atoms with Crippen molar-refractivity contribution in [3.05, 3.63) is 100 Å². The lowest BCUT2D eigenvalue weighted by Gasteiger charge is -2.18. The van der Waals surface area contributed by atoms with Crippen molar-refractivity contribution < 1.29 is 9.53 Å². The smallest absolute Gasteiger partial charge is 0.255 e. The summed E-state index contributed by atoms with van der Waals surface area (Å²) in [5.41, 5.74) is 3.88. The Bertz CT molecular complexity index is 1020. The Kier molecular flexibility index (Phi) is 7.23. The van der Waals surface area contributed by atoms with E-state index in [1.165, 1.54) is 18.4 Å². The van der Waals surface area contributed by atoms with Gasteiger partial charge in [-0.05, 0) is 60.8 Å². The van der Waals surface area contributed by atoms with Crippen molar-refractivity contribution in [1.29, 1.82) is 0 Å². The molecule has 0 spiro atoms. The maximum Gasteiger partial charge on any atom is 0.255 e. The lowest BCUT2D eigenvalue weighted by Crippen LogP contribution is -2.25. The number of benzene rings is 3. The van der Waals surface area contributed by atoms with Gasteiger partial charge in [0.25, 0.3) is 5.91 Å². The van der Waals surface area contributed by atoms with E-state index < -0.39 is 0 Å². The highest BCUT2D eigenvalue weighted by Crippen LogP contribution is 2.24. The topological polar surface area (TPSA) is 41.6 Å². The van der Waals surface area contributed by atoms with Crippen molar-refractivity contribution in [2.75, 3.05) is 13.1 Å². The van der Waals surface area contributed by atoms with Crippen LogP contribution in [0.2, 0.25) is 5.02 Å². The van der Waals surface area contributed by atoms with Crippen molar-refractivity contribution in [1.82, 2.24) is 10.2 Å². The molecule has 1 fully saturated rings. The largest absolute Gasteiger partial charge is 0.488 e. The molecule has 0 aromatic heterocycles. The molecular weight excluding hydrogens is 408 g/mol. The van der Waals surface area contributed by atoms with Crippen LogP contribution in [-0.2, 0) is 19.7 Å². The van der Waals surface area contributed by atoms with Gasteiger partial charge in [-0.3, -0.25) is 9.69 Å². The van der Waals surface area contributed by atoms with E-state index in [9.17, 15) is 4.79 Å². The summed E-state index contributed by atoms with van der Waals surface area (Å²) in [6.45, 7) is 4.07. The zero-order chi connectivity index (χ0) is 21.5. The summed E-state index contributed by atoms with van der Waals surface area (Å²) in [5, 5.41) is 3.56. The monoisotopic (exact) mass is 434 g/mol. The minimum atomic E-state index is -0.193. The number of carbonyl (C=O) groups excluding carboxylic acids is 1. The zero-order valence-electron chi connectivity index (χ0n) is 17.5. The fraction of sp³-hybridized carbons (Fsp3) is 0.269. The molecule has 31 heavy (non-hydrogen) atoms. The lowest BCUT2D eigenvalue weighted by molar-refractivity contribution is 0.0946. The van der Waals surface area contributed by atoms with Gasteiger partial charge < -0.3 is 10.1 Å². The quantitative estimate of drug-likeness (QED) is 0.513. The molecular formula is C26H27ClN2O2. The summed E-state index contributed by atoms with van der Waals surface area (Å²) in [6.07, 6.45) is 2.53. The molecule has 0 aliphatic carbocycles. The number of nitrogens with one attached hydrogen (secondary N) is 1. The fourth-order valence-corrected chi connectivity index (χ4v) is 4.05. The van der Waals surface area contributed by atoms with Crippen LogP contribution in [0.3, 0.4) is 0 Å². The van der Waals surface area contributed by atoms with Gasteiger partial charge in [0.05, 0.1) is 5.56 Å². The van der Waals surface area contributed by atoms with Gasteiger partial charge in [-0.15, -0.1) is 0 Å². The Hall–Kier alpha value is -2.82. The van der Waals surface area contributed by atoms with Crippen molar-refractivity contribution >= 4 is 17.5 Å². The van der Waals surface area contributed by atoms with Crippen LogP contribution in [0, 0.1) is 0 Å². The number of hydrogen-bond donors (Lipinski definition) is 1. The highest BCUT2D eigenvalue weighted by atomic mass is 35.5. The van der Waals surface area contributed by atoms with E-state index in [0.29, 0.717) is 29.5 Å². The number of amides is 1. The molecule has 1 saturated heterocycles. The van der Waals surface area contributed by atoms with E-state index in [2.05, 4.69) is 28.4 Å². The van der Waals surface area contributed by atoms with Crippen molar-refractivity contribution in [2.45, 2.75) is 32.5 Å². The van der Waals surface area contributed by atoms with Gasteiger partial charge in [-0.25, -0.2) is 0 Å². The predicted molar refractivity (Wildman–Crippen MR) is 124 cm³/mol. The maximum atomic E-state index is 13.0. The third-order valence-corrected chi connectivity index (χ3v) is 5.81. The predicted octanol–water partition coefficient (Wildman–Crippen LogP) is 5.44. The first-order valence-corrected chi connectivity index (χ1v) is 11.1. The maximum absolute atomic E-state index is 13.0. The summed E-state index contributed by atoms with van der Waals surface area (Å²) in [6, 6.07) is 23.3. The van der Waals surface area contributed by atoms with E-state index in [1.54, 1.807) is 18.2 Å². The van der Waals surface area contributed by atoms with Crippen LogP contribution in [0.4, 0.5) is 0 Å². The van der Waals surface area contributed by atoms with Crippen LogP contribution in [0.5, 0.6) is 5.75 Å². The van der Waals surface area contributed by atoms with Crippen LogP contribution in [-0.4, -0.2) is 23.9 Å². The van der Waals surface area contributed by atoms with Gasteiger partial charge in [0.15, 0.2) is 0 Å². The number of nitrogens with zero attached hydrogens (tertiary/aromatic N) is 1. The average molecular weight is 435 g/mol. The molecule has 4 nitrogen and oxygen atoms in total. The Labute approximate surface area is 188 Å². The first-order valence-electron chi connectivity index (χ1n) is 10.7. The SMILES string of the molecule is O=C(NCc1ccccc1CN1CCCC1)c1cc(Cl)ccc1OCc1ccccc1. The molecule has 0 bridgehead atoms. The summed E-state index contributed by atoms with van der Waals surface area (Å²) in [7, 11) is 0. The standard InChI is InChI=1S/C26H27ClN2O2/c27-23-12-13-25(31-19-20-8-2-1-3-9-20)24(16-23)26(30)28-17-21-10-4-5-11-22(21)18-29-14-6-7-15-29/h1-5,8-13,16H,6-7,14-15,17-19H2,(H,28,30). The Morgan fingerprint density at radius 3 is 2.42 bits per heavy atom. The minimum absolute atomic E-state index is 0.193. The van der Waals surface area contributed by atoms with E-state index in [1.807, 2.05) is 36.4 Å². The molecule has 1 N–H and O–H groups in total. The zero-order valence-corrected chi connectivity index (χ0v) is 18.3. The van der Waals surface area contributed by atoms with Gasteiger partial charge in [0.1, 0.15) is 12.4 Å². The molecule has 0 unspecified atom stereocenters. The Morgan fingerprint density at radius 1 is 0.935 bits per heavy atom. The second-order valence-corrected chi connectivity index (χ2v) is 8.29. The number of likely N-dealkylation sites (tertiary alicyclic amines) is 1. The third-order valence-electron chi connectivity index (χ3n) is 5.57. The van der Waals surface area contributed by atoms with Crippen LogP contribution in [0.25, 0.3) is 0 Å².